The fourth-order valence-electron chi connectivity index (χ4n) is 2.92. The van der Waals surface area contributed by atoms with Gasteiger partial charge in [-0.2, -0.15) is 0 Å². The van der Waals surface area contributed by atoms with Crippen LogP contribution in [0.5, 0.6) is 0 Å². The molecule has 0 aromatic rings. The Morgan fingerprint density at radius 2 is 2.00 bits per heavy atom. The fraction of sp³-hybridized carbons (Fsp3) is 0.867. The second-order valence-electron chi connectivity index (χ2n) is 5.66. The van der Waals surface area contributed by atoms with Crippen LogP contribution in [0.4, 0.5) is 0 Å². The van der Waals surface area contributed by atoms with Crippen LogP contribution < -0.4 is 0 Å². The van der Waals surface area contributed by atoms with Crippen LogP contribution >= 0.6 is 0 Å². The zero-order valence-corrected chi connectivity index (χ0v) is 11.0. The molecule has 0 heterocycles. The van der Waals surface area contributed by atoms with E-state index in [-0.39, 0.29) is 11.5 Å². The van der Waals surface area contributed by atoms with E-state index in [9.17, 15) is 5.11 Å². The van der Waals surface area contributed by atoms with Gasteiger partial charge in [-0.1, -0.05) is 52.0 Å². The Morgan fingerprint density at radius 1 is 1.38 bits per heavy atom. The van der Waals surface area contributed by atoms with Crippen molar-refractivity contribution in [1.82, 2.24) is 0 Å². The van der Waals surface area contributed by atoms with Gasteiger partial charge in [-0.15, -0.1) is 6.58 Å². The van der Waals surface area contributed by atoms with Crippen LogP contribution in [-0.4, -0.2) is 11.2 Å². The van der Waals surface area contributed by atoms with E-state index in [0.717, 1.165) is 6.42 Å². The standard InChI is InChI=1S/C15H28O/c1-4-6-12-15(3,5-2)14(16)13-10-8-7-9-11-13/h5,13-14,16H,2,4,6-12H2,1,3H3/t14-,15+/m0/s1. The molecule has 1 saturated carbocycles. The van der Waals surface area contributed by atoms with Crippen LogP contribution in [0.25, 0.3) is 0 Å². The van der Waals surface area contributed by atoms with Gasteiger partial charge in [0.1, 0.15) is 0 Å². The van der Waals surface area contributed by atoms with Crippen LogP contribution in [0.15, 0.2) is 12.7 Å². The number of hydrogen-bond donors (Lipinski definition) is 1. The molecule has 0 aromatic carbocycles. The summed E-state index contributed by atoms with van der Waals surface area (Å²) < 4.78 is 0. The largest absolute Gasteiger partial charge is 0.392 e. The molecule has 0 amide bonds. The molecule has 1 rings (SSSR count). The highest BCUT2D eigenvalue weighted by Gasteiger charge is 2.35. The highest BCUT2D eigenvalue weighted by atomic mass is 16.3. The minimum Gasteiger partial charge on any atom is -0.392 e. The van der Waals surface area contributed by atoms with Gasteiger partial charge in [0.25, 0.3) is 0 Å². The predicted octanol–water partition coefficient (Wildman–Crippen LogP) is 4.31. The average Bonchev–Trinajstić information content (AvgIpc) is 2.36. The topological polar surface area (TPSA) is 20.2 Å². The monoisotopic (exact) mass is 224 g/mol. The third-order valence-electron chi connectivity index (χ3n) is 4.31. The lowest BCUT2D eigenvalue weighted by molar-refractivity contribution is -0.00114. The smallest absolute Gasteiger partial charge is 0.0656 e. The van der Waals surface area contributed by atoms with E-state index in [1.54, 1.807) is 0 Å². The molecule has 2 atom stereocenters. The van der Waals surface area contributed by atoms with Gasteiger partial charge in [0.2, 0.25) is 0 Å². The second-order valence-corrected chi connectivity index (χ2v) is 5.66. The lowest BCUT2D eigenvalue weighted by Gasteiger charge is -2.38. The van der Waals surface area contributed by atoms with Crippen molar-refractivity contribution in [3.63, 3.8) is 0 Å². The third kappa shape index (κ3) is 3.35. The predicted molar refractivity (Wildman–Crippen MR) is 70.4 cm³/mol. The van der Waals surface area contributed by atoms with Gasteiger partial charge in [0, 0.05) is 5.41 Å². The SMILES string of the molecule is C=C[C@](C)(CCCC)[C@@H](O)C1CCCCC1. The first kappa shape index (κ1) is 13.8. The minimum absolute atomic E-state index is 0.0714. The first-order chi connectivity index (χ1) is 7.64. The van der Waals surface area contributed by atoms with Crippen molar-refractivity contribution >= 4 is 0 Å². The number of aliphatic hydroxyl groups is 1. The number of unbranched alkanes of at least 4 members (excludes halogenated alkanes) is 1. The Balaban J connectivity index is 2.58. The molecule has 1 heteroatoms. The maximum absolute atomic E-state index is 10.5. The fourth-order valence-corrected chi connectivity index (χ4v) is 2.92. The van der Waals surface area contributed by atoms with Crippen LogP contribution in [-0.2, 0) is 0 Å². The molecular weight excluding hydrogens is 196 g/mol. The summed E-state index contributed by atoms with van der Waals surface area (Å²) >= 11 is 0. The van der Waals surface area contributed by atoms with Crippen LogP contribution in [0.1, 0.15) is 65.2 Å². The molecule has 0 bridgehead atoms. The quantitative estimate of drug-likeness (QED) is 0.667. The van der Waals surface area contributed by atoms with Crippen LogP contribution in [0, 0.1) is 11.3 Å². The van der Waals surface area contributed by atoms with E-state index in [1.165, 1.54) is 44.9 Å². The number of hydrogen-bond acceptors (Lipinski definition) is 1. The maximum atomic E-state index is 10.5. The zero-order chi connectivity index (χ0) is 12.0. The molecule has 94 valence electrons. The van der Waals surface area contributed by atoms with E-state index in [0.29, 0.717) is 5.92 Å². The Hall–Kier alpha value is -0.300. The molecule has 0 radical (unpaired) electrons. The Bertz CT molecular complexity index is 205. The van der Waals surface area contributed by atoms with Crippen molar-refractivity contribution < 1.29 is 5.11 Å². The van der Waals surface area contributed by atoms with Crippen molar-refractivity contribution in [1.29, 1.82) is 0 Å². The minimum atomic E-state index is -0.183. The first-order valence-electron chi connectivity index (χ1n) is 6.95. The summed E-state index contributed by atoms with van der Waals surface area (Å²) in [5, 5.41) is 10.5. The van der Waals surface area contributed by atoms with Crippen molar-refractivity contribution in [3.8, 4) is 0 Å². The van der Waals surface area contributed by atoms with E-state index >= 15 is 0 Å². The van der Waals surface area contributed by atoms with Gasteiger partial charge >= 0.3 is 0 Å². The second kappa shape index (κ2) is 6.44. The molecule has 1 aliphatic carbocycles. The van der Waals surface area contributed by atoms with Gasteiger partial charge in [0.15, 0.2) is 0 Å². The Labute approximate surface area is 101 Å². The molecule has 0 saturated heterocycles. The molecule has 1 N–H and O–H groups in total. The first-order valence-corrected chi connectivity index (χ1v) is 6.95. The maximum Gasteiger partial charge on any atom is 0.0656 e. The number of rotatable bonds is 6. The summed E-state index contributed by atoms with van der Waals surface area (Å²) in [6.45, 7) is 8.32. The average molecular weight is 224 g/mol. The highest BCUT2D eigenvalue weighted by molar-refractivity contribution is 4.99. The summed E-state index contributed by atoms with van der Waals surface area (Å²) in [5.41, 5.74) is -0.0714. The zero-order valence-electron chi connectivity index (χ0n) is 11.0. The van der Waals surface area contributed by atoms with Crippen molar-refractivity contribution in [3.05, 3.63) is 12.7 Å². The van der Waals surface area contributed by atoms with E-state index < -0.39 is 0 Å². The molecule has 1 fully saturated rings. The van der Waals surface area contributed by atoms with E-state index in [4.69, 9.17) is 0 Å². The van der Waals surface area contributed by atoms with E-state index in [1.807, 2.05) is 6.08 Å². The lowest BCUT2D eigenvalue weighted by Crippen LogP contribution is -2.37. The van der Waals surface area contributed by atoms with Crippen molar-refractivity contribution in [2.75, 3.05) is 0 Å². The third-order valence-corrected chi connectivity index (χ3v) is 4.31. The van der Waals surface area contributed by atoms with Gasteiger partial charge in [0.05, 0.1) is 6.10 Å². The molecule has 1 nitrogen and oxygen atoms in total. The normalized spacial score (nSPS) is 23.7. The van der Waals surface area contributed by atoms with Gasteiger partial charge in [-0.3, -0.25) is 0 Å². The lowest BCUT2D eigenvalue weighted by atomic mass is 9.70. The Kier molecular flexibility index (Phi) is 5.54. The summed E-state index contributed by atoms with van der Waals surface area (Å²) in [6.07, 6.45) is 11.6. The van der Waals surface area contributed by atoms with Gasteiger partial charge < -0.3 is 5.11 Å². The highest BCUT2D eigenvalue weighted by Crippen LogP contribution is 2.38. The summed E-state index contributed by atoms with van der Waals surface area (Å²) in [5.74, 6) is 0.508. The summed E-state index contributed by atoms with van der Waals surface area (Å²) in [7, 11) is 0. The molecule has 0 spiro atoms. The summed E-state index contributed by atoms with van der Waals surface area (Å²) in [4.78, 5) is 0. The van der Waals surface area contributed by atoms with E-state index in [2.05, 4.69) is 20.4 Å². The molecular formula is C15H28O. The summed E-state index contributed by atoms with van der Waals surface area (Å²) in [6, 6.07) is 0. The molecule has 0 unspecified atom stereocenters. The van der Waals surface area contributed by atoms with Gasteiger partial charge in [-0.25, -0.2) is 0 Å². The van der Waals surface area contributed by atoms with Crippen LogP contribution in [0.3, 0.4) is 0 Å². The Morgan fingerprint density at radius 3 is 2.50 bits per heavy atom. The molecule has 0 aliphatic heterocycles. The van der Waals surface area contributed by atoms with Gasteiger partial charge in [-0.05, 0) is 25.2 Å². The molecule has 16 heavy (non-hydrogen) atoms. The van der Waals surface area contributed by atoms with Crippen LogP contribution in [0.2, 0.25) is 0 Å². The number of aliphatic hydroxyl groups excluding tert-OH is 1. The van der Waals surface area contributed by atoms with Crippen molar-refractivity contribution in [2.24, 2.45) is 11.3 Å². The van der Waals surface area contributed by atoms with Crippen molar-refractivity contribution in [2.45, 2.75) is 71.3 Å². The molecule has 0 aromatic heterocycles. The molecule has 1 aliphatic rings.